The molecule has 1 aliphatic rings. The summed E-state index contributed by atoms with van der Waals surface area (Å²) in [7, 11) is 1.27. The molecule has 0 aromatic heterocycles. The van der Waals surface area contributed by atoms with E-state index in [9.17, 15) is 14.4 Å². The smallest absolute Gasteiger partial charge is 0.328 e. The molecule has 0 spiro atoms. The second-order valence-electron chi connectivity index (χ2n) is 10.6. The van der Waals surface area contributed by atoms with Gasteiger partial charge in [0.2, 0.25) is 5.91 Å². The summed E-state index contributed by atoms with van der Waals surface area (Å²) < 4.78 is 17.5. The average Bonchev–Trinajstić information content (AvgIpc) is 3.05. The molecule has 1 heterocycles. The van der Waals surface area contributed by atoms with Gasteiger partial charge in [-0.15, -0.1) is 12.4 Å². The van der Waals surface area contributed by atoms with Gasteiger partial charge in [-0.3, -0.25) is 9.59 Å². The Kier molecular flexibility index (Phi) is 11.8. The molecule has 4 N–H and O–H groups in total. The Hall–Kier alpha value is -4.60. The molecule has 1 aliphatic heterocycles. The number of amides is 2. The summed E-state index contributed by atoms with van der Waals surface area (Å²) in [6.07, 6.45) is 5.43. The van der Waals surface area contributed by atoms with E-state index in [0.29, 0.717) is 37.3 Å². The number of nitrogens with two attached hydrogens (primary N) is 1. The largest absolute Gasteiger partial charge is 0.489 e. The van der Waals surface area contributed by atoms with E-state index >= 15 is 0 Å². The van der Waals surface area contributed by atoms with Gasteiger partial charge in [0.1, 0.15) is 30.2 Å². The van der Waals surface area contributed by atoms with Crippen LogP contribution in [-0.4, -0.2) is 56.7 Å². The van der Waals surface area contributed by atoms with Crippen molar-refractivity contribution in [2.24, 2.45) is 5.73 Å². The van der Waals surface area contributed by atoms with Crippen molar-refractivity contribution in [3.63, 3.8) is 0 Å². The van der Waals surface area contributed by atoms with E-state index < -0.39 is 29.9 Å². The minimum Gasteiger partial charge on any atom is -0.489 e. The van der Waals surface area contributed by atoms with Crippen LogP contribution in [0, 0.1) is 0 Å². The molecule has 45 heavy (non-hydrogen) atoms. The Labute approximate surface area is 268 Å². The first kappa shape index (κ1) is 33.3. The maximum atomic E-state index is 13.3. The van der Waals surface area contributed by atoms with E-state index in [4.69, 9.17) is 19.9 Å². The summed E-state index contributed by atoms with van der Waals surface area (Å²) in [6.45, 7) is 0.356. The van der Waals surface area contributed by atoms with Crippen LogP contribution in [0.4, 0.5) is 0 Å². The summed E-state index contributed by atoms with van der Waals surface area (Å²) in [5.74, 6) is -0.387. The second-order valence-corrected chi connectivity index (χ2v) is 10.6. The first-order valence-electron chi connectivity index (χ1n) is 14.8. The fourth-order valence-corrected chi connectivity index (χ4v) is 5.47. The standard InChI is InChI=1S/C35H37N3O6.ClH/c1-42-35(41)28-15-7-9-21-43-29-18-16-23-10-2-4-12-25(23)32(29)33-26-13-5-3-11-24(26)17-19-30(33)44-22-31(39)37-27(34(40)38-28)14-6-8-20-36;/h2-5,7,9-13,16-19,27-28H,6,8,14-15,20-22,36H2,1H3,(H,37,39)(H,38,40);1H/b9-7-;/t27-,28+;/m1./s1. The lowest BCUT2D eigenvalue weighted by atomic mass is 9.92. The Bertz CT molecular complexity index is 1690. The quantitative estimate of drug-likeness (QED) is 0.159. The third kappa shape index (κ3) is 7.92. The molecule has 5 rings (SSSR count). The van der Waals surface area contributed by atoms with Crippen LogP contribution >= 0.6 is 12.4 Å². The molecule has 0 bridgehead atoms. The van der Waals surface area contributed by atoms with Crippen LogP contribution in [0.25, 0.3) is 32.7 Å². The topological polar surface area (TPSA) is 129 Å². The highest BCUT2D eigenvalue weighted by molar-refractivity contribution is 6.09. The van der Waals surface area contributed by atoms with Gasteiger partial charge in [0.25, 0.3) is 5.91 Å². The molecule has 4 aromatic carbocycles. The lowest BCUT2D eigenvalue weighted by molar-refractivity contribution is -0.145. The van der Waals surface area contributed by atoms with Crippen molar-refractivity contribution in [2.75, 3.05) is 26.9 Å². The minimum atomic E-state index is -0.934. The number of esters is 1. The normalized spacial score (nSPS) is 18.1. The van der Waals surface area contributed by atoms with Crippen LogP contribution in [0.5, 0.6) is 11.5 Å². The number of benzene rings is 4. The van der Waals surface area contributed by atoms with Crippen molar-refractivity contribution >= 4 is 51.7 Å². The number of nitrogens with one attached hydrogen (secondary N) is 2. The number of unbranched alkanes of at least 4 members (excludes halogenated alkanes) is 1. The average molecular weight is 632 g/mol. The van der Waals surface area contributed by atoms with Gasteiger partial charge in [0, 0.05) is 11.1 Å². The molecule has 0 aliphatic carbocycles. The lowest BCUT2D eigenvalue weighted by Gasteiger charge is -2.22. The first-order chi connectivity index (χ1) is 21.5. The highest BCUT2D eigenvalue weighted by atomic mass is 35.5. The minimum absolute atomic E-state index is 0. The van der Waals surface area contributed by atoms with E-state index in [1.165, 1.54) is 7.11 Å². The van der Waals surface area contributed by atoms with Gasteiger partial charge in [-0.05, 0) is 65.9 Å². The monoisotopic (exact) mass is 631 g/mol. The van der Waals surface area contributed by atoms with Crippen LogP contribution < -0.4 is 25.8 Å². The van der Waals surface area contributed by atoms with E-state index in [1.54, 1.807) is 12.2 Å². The van der Waals surface area contributed by atoms with Crippen LogP contribution in [0.3, 0.4) is 0 Å². The fraction of sp³-hybridized carbons (Fsp3) is 0.286. The molecule has 4 aromatic rings. The van der Waals surface area contributed by atoms with E-state index in [-0.39, 0.29) is 32.0 Å². The predicted octanol–water partition coefficient (Wildman–Crippen LogP) is 5.07. The molecule has 0 unspecified atom stereocenters. The maximum Gasteiger partial charge on any atom is 0.328 e. The lowest BCUT2D eigenvalue weighted by Crippen LogP contribution is -2.52. The van der Waals surface area contributed by atoms with Gasteiger partial charge in [0.15, 0.2) is 6.61 Å². The number of rotatable bonds is 5. The number of fused-ring (bicyclic) bond motifs is 7. The van der Waals surface area contributed by atoms with E-state index in [1.807, 2.05) is 72.8 Å². The van der Waals surface area contributed by atoms with Crippen molar-refractivity contribution in [2.45, 2.75) is 37.8 Å². The van der Waals surface area contributed by atoms with Crippen molar-refractivity contribution in [3.05, 3.63) is 84.9 Å². The zero-order chi connectivity index (χ0) is 30.9. The van der Waals surface area contributed by atoms with Crippen LogP contribution in [0.15, 0.2) is 84.9 Å². The molecule has 2 atom stereocenters. The highest BCUT2D eigenvalue weighted by Crippen LogP contribution is 2.45. The summed E-state index contributed by atoms with van der Waals surface area (Å²) in [5, 5.41) is 9.49. The van der Waals surface area contributed by atoms with E-state index in [0.717, 1.165) is 32.7 Å². The molecule has 236 valence electrons. The van der Waals surface area contributed by atoms with Crippen molar-refractivity contribution in [1.29, 1.82) is 0 Å². The molecular formula is C35H38ClN3O6. The SMILES string of the molecule is COC(=O)[C@@H]1C/C=C\COc2ccc3ccccc3c2-c2c(ccc3ccccc23)OCC(=O)N[C@H](CCCCN)C(=O)N1.Cl. The summed E-state index contributed by atoms with van der Waals surface area (Å²) in [6, 6.07) is 22.0. The Morgan fingerprint density at radius 1 is 0.844 bits per heavy atom. The van der Waals surface area contributed by atoms with Gasteiger partial charge < -0.3 is 30.6 Å². The second kappa shape index (κ2) is 15.9. The van der Waals surface area contributed by atoms with Gasteiger partial charge in [-0.1, -0.05) is 72.8 Å². The molecule has 9 nitrogen and oxygen atoms in total. The van der Waals surface area contributed by atoms with Crippen LogP contribution in [0.1, 0.15) is 25.7 Å². The summed E-state index contributed by atoms with van der Waals surface area (Å²) in [5.41, 5.74) is 7.31. The van der Waals surface area contributed by atoms with Gasteiger partial charge in [-0.2, -0.15) is 0 Å². The maximum absolute atomic E-state index is 13.3. The molecule has 0 saturated carbocycles. The zero-order valence-corrected chi connectivity index (χ0v) is 25.9. The summed E-state index contributed by atoms with van der Waals surface area (Å²) in [4.78, 5) is 39.1. The van der Waals surface area contributed by atoms with Crippen molar-refractivity contribution < 1.29 is 28.6 Å². The number of ether oxygens (including phenoxy) is 3. The number of carbonyl (C=O) groups is 3. The Balaban J connectivity index is 0.00000461. The zero-order valence-electron chi connectivity index (χ0n) is 25.1. The molecule has 2 amide bonds. The summed E-state index contributed by atoms with van der Waals surface area (Å²) >= 11 is 0. The van der Waals surface area contributed by atoms with Gasteiger partial charge >= 0.3 is 5.97 Å². The highest BCUT2D eigenvalue weighted by Gasteiger charge is 2.27. The van der Waals surface area contributed by atoms with Crippen molar-refractivity contribution in [3.8, 4) is 22.6 Å². The molecule has 0 fully saturated rings. The van der Waals surface area contributed by atoms with Crippen LogP contribution in [0.2, 0.25) is 0 Å². The molecule has 0 saturated heterocycles. The molecule has 0 radical (unpaired) electrons. The first-order valence-corrected chi connectivity index (χ1v) is 14.8. The number of carbonyl (C=O) groups excluding carboxylic acids is 3. The van der Waals surface area contributed by atoms with Crippen molar-refractivity contribution in [1.82, 2.24) is 10.6 Å². The van der Waals surface area contributed by atoms with Crippen LogP contribution in [-0.2, 0) is 19.1 Å². The molecule has 10 heteroatoms. The number of hydrogen-bond acceptors (Lipinski definition) is 7. The fourth-order valence-electron chi connectivity index (χ4n) is 5.47. The van der Waals surface area contributed by atoms with E-state index in [2.05, 4.69) is 10.6 Å². The number of hydrogen-bond donors (Lipinski definition) is 3. The van der Waals surface area contributed by atoms with Gasteiger partial charge in [0.05, 0.1) is 7.11 Å². The predicted molar refractivity (Wildman–Crippen MR) is 178 cm³/mol. The third-order valence-electron chi connectivity index (χ3n) is 7.66. The van der Waals surface area contributed by atoms with Gasteiger partial charge in [-0.25, -0.2) is 4.79 Å². The Morgan fingerprint density at radius 3 is 2.09 bits per heavy atom. The number of halogens is 1. The Morgan fingerprint density at radius 2 is 1.47 bits per heavy atom. The molecular weight excluding hydrogens is 594 g/mol. The third-order valence-corrected chi connectivity index (χ3v) is 7.66. The number of methoxy groups -OCH3 is 1.